The van der Waals surface area contributed by atoms with Crippen LogP contribution in [-0.4, -0.2) is 21.6 Å². The van der Waals surface area contributed by atoms with Crippen LogP contribution in [0, 0.1) is 0 Å². The standard InChI is InChI=1S/C20H21N3O2/c1-2-8-17(23-18-12-7-6-11-16(18)14-21-23)13-19(24)22-20(25)15-9-4-3-5-10-15/h3-7,9-12,14,17H,2,8,13H2,1H3,(H,22,24,25). The lowest BCUT2D eigenvalue weighted by atomic mass is 10.1. The van der Waals surface area contributed by atoms with Gasteiger partial charge in [-0.3, -0.25) is 19.6 Å². The second-order valence-electron chi connectivity index (χ2n) is 6.04. The Hall–Kier alpha value is -2.95. The van der Waals surface area contributed by atoms with E-state index < -0.39 is 0 Å². The average molecular weight is 335 g/mol. The molecule has 0 saturated carbocycles. The molecule has 1 N–H and O–H groups in total. The van der Waals surface area contributed by atoms with Gasteiger partial charge in [-0.15, -0.1) is 0 Å². The summed E-state index contributed by atoms with van der Waals surface area (Å²) in [7, 11) is 0. The van der Waals surface area contributed by atoms with Crippen molar-refractivity contribution in [1.82, 2.24) is 15.1 Å². The molecule has 128 valence electrons. The summed E-state index contributed by atoms with van der Waals surface area (Å²) in [6.45, 7) is 2.08. The van der Waals surface area contributed by atoms with E-state index in [0.717, 1.165) is 23.7 Å². The number of amides is 2. The number of hydrogen-bond donors (Lipinski definition) is 1. The van der Waals surface area contributed by atoms with Crippen LogP contribution in [0.5, 0.6) is 0 Å². The highest BCUT2D eigenvalue weighted by molar-refractivity contribution is 6.04. The highest BCUT2D eigenvalue weighted by Crippen LogP contribution is 2.23. The molecule has 0 aliphatic carbocycles. The van der Waals surface area contributed by atoms with E-state index in [4.69, 9.17) is 0 Å². The molecule has 0 radical (unpaired) electrons. The Bertz CT molecular complexity index is 871. The first-order valence-electron chi connectivity index (χ1n) is 8.50. The summed E-state index contributed by atoms with van der Waals surface area (Å²) in [6.07, 6.45) is 3.78. The van der Waals surface area contributed by atoms with E-state index in [-0.39, 0.29) is 24.3 Å². The van der Waals surface area contributed by atoms with Gasteiger partial charge >= 0.3 is 0 Å². The molecule has 3 rings (SSSR count). The van der Waals surface area contributed by atoms with E-state index in [2.05, 4.69) is 17.3 Å². The maximum atomic E-state index is 12.4. The van der Waals surface area contributed by atoms with Crippen molar-refractivity contribution >= 4 is 22.7 Å². The van der Waals surface area contributed by atoms with E-state index in [9.17, 15) is 9.59 Å². The number of aromatic nitrogens is 2. The molecule has 1 unspecified atom stereocenters. The minimum atomic E-state index is -0.369. The van der Waals surface area contributed by atoms with Gasteiger partial charge in [-0.2, -0.15) is 5.10 Å². The molecule has 2 aromatic carbocycles. The monoisotopic (exact) mass is 335 g/mol. The Balaban J connectivity index is 1.73. The molecule has 2 amide bonds. The van der Waals surface area contributed by atoms with Gasteiger partial charge in [0.05, 0.1) is 17.8 Å². The highest BCUT2D eigenvalue weighted by atomic mass is 16.2. The van der Waals surface area contributed by atoms with Gasteiger partial charge in [0.15, 0.2) is 0 Å². The number of hydrogen-bond acceptors (Lipinski definition) is 3. The first-order chi connectivity index (χ1) is 12.2. The van der Waals surface area contributed by atoms with E-state index >= 15 is 0 Å². The molecule has 5 heteroatoms. The van der Waals surface area contributed by atoms with Crippen LogP contribution in [0.4, 0.5) is 0 Å². The number of carbonyl (C=O) groups is 2. The average Bonchev–Trinajstić information content (AvgIpc) is 3.06. The number of benzene rings is 2. The van der Waals surface area contributed by atoms with Crippen LogP contribution >= 0.6 is 0 Å². The highest BCUT2D eigenvalue weighted by Gasteiger charge is 2.19. The second kappa shape index (κ2) is 7.75. The summed E-state index contributed by atoms with van der Waals surface area (Å²) in [5.41, 5.74) is 1.48. The molecule has 3 aromatic rings. The SMILES string of the molecule is CCCC(CC(=O)NC(=O)c1ccccc1)n1ncc2ccccc21. The first kappa shape index (κ1) is 16.9. The van der Waals surface area contributed by atoms with Crippen molar-refractivity contribution in [3.63, 3.8) is 0 Å². The predicted molar refractivity (Wildman–Crippen MR) is 97.2 cm³/mol. The molecule has 1 atom stereocenters. The van der Waals surface area contributed by atoms with Crippen molar-refractivity contribution in [2.45, 2.75) is 32.2 Å². The lowest BCUT2D eigenvalue weighted by molar-refractivity contribution is -0.121. The third-order valence-electron chi connectivity index (χ3n) is 4.18. The molecular formula is C20H21N3O2. The van der Waals surface area contributed by atoms with Crippen molar-refractivity contribution in [1.29, 1.82) is 0 Å². The molecule has 0 spiro atoms. The zero-order chi connectivity index (χ0) is 17.6. The van der Waals surface area contributed by atoms with Crippen molar-refractivity contribution in [3.8, 4) is 0 Å². The third kappa shape index (κ3) is 3.94. The van der Waals surface area contributed by atoms with Gasteiger partial charge in [-0.1, -0.05) is 49.7 Å². The molecule has 0 bridgehead atoms. The molecule has 0 fully saturated rings. The third-order valence-corrected chi connectivity index (χ3v) is 4.18. The number of rotatable bonds is 6. The van der Waals surface area contributed by atoms with Gasteiger partial charge in [-0.05, 0) is 24.6 Å². The number of fused-ring (bicyclic) bond motifs is 1. The lowest BCUT2D eigenvalue weighted by Gasteiger charge is -2.17. The summed E-state index contributed by atoms with van der Waals surface area (Å²) < 4.78 is 1.89. The van der Waals surface area contributed by atoms with Crippen molar-refractivity contribution in [2.24, 2.45) is 0 Å². The van der Waals surface area contributed by atoms with Crippen LogP contribution in [0.2, 0.25) is 0 Å². The number of para-hydroxylation sites is 1. The summed E-state index contributed by atoms with van der Waals surface area (Å²) in [5.74, 6) is -0.655. The van der Waals surface area contributed by atoms with Crippen LogP contribution in [0.15, 0.2) is 60.8 Å². The Morgan fingerprint density at radius 2 is 1.80 bits per heavy atom. The molecule has 1 heterocycles. The lowest BCUT2D eigenvalue weighted by Crippen LogP contribution is -2.32. The summed E-state index contributed by atoms with van der Waals surface area (Å²) in [4.78, 5) is 24.5. The Morgan fingerprint density at radius 3 is 2.56 bits per heavy atom. The molecule has 0 aliphatic rings. The second-order valence-corrected chi connectivity index (χ2v) is 6.04. The Kier molecular flexibility index (Phi) is 5.23. The molecule has 0 saturated heterocycles. The van der Waals surface area contributed by atoms with E-state index in [1.807, 2.05) is 41.2 Å². The van der Waals surface area contributed by atoms with Crippen LogP contribution in [0.3, 0.4) is 0 Å². The minimum absolute atomic E-state index is 0.0755. The van der Waals surface area contributed by atoms with Gasteiger partial charge in [0.2, 0.25) is 5.91 Å². The largest absolute Gasteiger partial charge is 0.292 e. The van der Waals surface area contributed by atoms with Crippen molar-refractivity contribution in [3.05, 3.63) is 66.4 Å². The zero-order valence-corrected chi connectivity index (χ0v) is 14.2. The minimum Gasteiger partial charge on any atom is -0.292 e. The maximum Gasteiger partial charge on any atom is 0.257 e. The quantitative estimate of drug-likeness (QED) is 0.746. The molecule has 25 heavy (non-hydrogen) atoms. The molecule has 0 aliphatic heterocycles. The van der Waals surface area contributed by atoms with Crippen LogP contribution in [0.1, 0.15) is 42.6 Å². The number of carbonyl (C=O) groups excluding carboxylic acids is 2. The summed E-state index contributed by atoms with van der Waals surface area (Å²) >= 11 is 0. The summed E-state index contributed by atoms with van der Waals surface area (Å²) in [5, 5.41) is 7.98. The number of imide groups is 1. The van der Waals surface area contributed by atoms with Crippen LogP contribution in [-0.2, 0) is 4.79 Å². The molecule has 1 aromatic heterocycles. The van der Waals surface area contributed by atoms with E-state index in [1.165, 1.54) is 0 Å². The van der Waals surface area contributed by atoms with Gasteiger partial charge in [-0.25, -0.2) is 0 Å². The summed E-state index contributed by atoms with van der Waals surface area (Å²) in [6, 6.07) is 16.6. The first-order valence-corrected chi connectivity index (χ1v) is 8.50. The van der Waals surface area contributed by atoms with E-state index in [0.29, 0.717) is 5.56 Å². The number of nitrogens with one attached hydrogen (secondary N) is 1. The van der Waals surface area contributed by atoms with Gasteiger partial charge in [0, 0.05) is 17.4 Å². The molecular weight excluding hydrogens is 314 g/mol. The molecule has 5 nitrogen and oxygen atoms in total. The fourth-order valence-electron chi connectivity index (χ4n) is 2.98. The van der Waals surface area contributed by atoms with Gasteiger partial charge < -0.3 is 0 Å². The smallest absolute Gasteiger partial charge is 0.257 e. The van der Waals surface area contributed by atoms with Crippen LogP contribution in [0.25, 0.3) is 10.9 Å². The normalized spacial score (nSPS) is 12.0. The predicted octanol–water partition coefficient (Wildman–Crippen LogP) is 3.72. The topological polar surface area (TPSA) is 64.0 Å². The number of nitrogens with zero attached hydrogens (tertiary/aromatic N) is 2. The maximum absolute atomic E-state index is 12.4. The van der Waals surface area contributed by atoms with Crippen molar-refractivity contribution < 1.29 is 9.59 Å². The van der Waals surface area contributed by atoms with Crippen molar-refractivity contribution in [2.75, 3.05) is 0 Å². The van der Waals surface area contributed by atoms with Crippen LogP contribution < -0.4 is 5.32 Å². The van der Waals surface area contributed by atoms with Gasteiger partial charge in [0.25, 0.3) is 5.91 Å². The zero-order valence-electron chi connectivity index (χ0n) is 14.2. The van der Waals surface area contributed by atoms with Gasteiger partial charge in [0.1, 0.15) is 0 Å². The Labute approximate surface area is 146 Å². The van der Waals surface area contributed by atoms with E-state index in [1.54, 1.807) is 24.3 Å². The fourth-order valence-corrected chi connectivity index (χ4v) is 2.98. The Morgan fingerprint density at radius 1 is 1.08 bits per heavy atom. The fraction of sp³-hybridized carbons (Fsp3) is 0.250.